The van der Waals surface area contributed by atoms with Gasteiger partial charge in [0.2, 0.25) is 0 Å². The summed E-state index contributed by atoms with van der Waals surface area (Å²) in [6.45, 7) is 10.4. The van der Waals surface area contributed by atoms with E-state index >= 15 is 0 Å². The molecule has 0 amide bonds. The van der Waals surface area contributed by atoms with Crippen LogP contribution in [0.15, 0.2) is 0 Å². The molecule has 0 atom stereocenters. The van der Waals surface area contributed by atoms with Gasteiger partial charge in [-0.1, -0.05) is 33.6 Å². The number of nitrogens with zero attached hydrogens (tertiary/aromatic N) is 1. The smallest absolute Gasteiger partial charge is 0.0990 e. The van der Waals surface area contributed by atoms with Crippen molar-refractivity contribution in [1.82, 2.24) is 4.90 Å². The van der Waals surface area contributed by atoms with Crippen LogP contribution in [0.5, 0.6) is 0 Å². The van der Waals surface area contributed by atoms with Gasteiger partial charge < -0.3 is 4.74 Å². The van der Waals surface area contributed by atoms with Crippen LogP contribution >= 0.6 is 0 Å². The Kier molecular flexibility index (Phi) is 8.95. The summed E-state index contributed by atoms with van der Waals surface area (Å²) in [5.41, 5.74) is 0. The molecular formula is C10H23NO. The molecule has 0 N–H and O–H groups in total. The quantitative estimate of drug-likeness (QED) is 0.413. The summed E-state index contributed by atoms with van der Waals surface area (Å²) in [4.78, 5) is 2.28. The molecule has 0 aliphatic heterocycles. The highest BCUT2D eigenvalue weighted by atomic mass is 16.5. The van der Waals surface area contributed by atoms with E-state index in [1.165, 1.54) is 19.3 Å². The molecule has 0 fully saturated rings. The number of rotatable bonds is 8. The Morgan fingerprint density at radius 2 is 1.67 bits per heavy atom. The van der Waals surface area contributed by atoms with Gasteiger partial charge in [0.15, 0.2) is 0 Å². The van der Waals surface area contributed by atoms with Crippen LogP contribution in [-0.2, 0) is 4.74 Å². The molecule has 0 heterocycles. The molecule has 74 valence electrons. The third-order valence-electron chi connectivity index (χ3n) is 2.06. The lowest BCUT2D eigenvalue weighted by atomic mass is 10.3. The predicted molar refractivity (Wildman–Crippen MR) is 53.3 cm³/mol. The third-order valence-corrected chi connectivity index (χ3v) is 2.06. The number of hydrogen-bond donors (Lipinski definition) is 0. The molecule has 0 aromatic heterocycles. The standard InChI is InChI=1S/C10H23NO/c1-4-7-8-9-12-10-11(5-2)6-3/h4-10H2,1-3H3. The topological polar surface area (TPSA) is 12.5 Å². The van der Waals surface area contributed by atoms with Crippen LogP contribution in [0.3, 0.4) is 0 Å². The van der Waals surface area contributed by atoms with Crippen LogP contribution in [0.25, 0.3) is 0 Å². The molecule has 0 radical (unpaired) electrons. The van der Waals surface area contributed by atoms with Crippen molar-refractivity contribution in [3.8, 4) is 0 Å². The van der Waals surface area contributed by atoms with E-state index in [0.717, 1.165) is 26.4 Å². The van der Waals surface area contributed by atoms with Crippen molar-refractivity contribution in [2.45, 2.75) is 40.0 Å². The fourth-order valence-corrected chi connectivity index (χ4v) is 1.05. The van der Waals surface area contributed by atoms with E-state index in [2.05, 4.69) is 25.7 Å². The van der Waals surface area contributed by atoms with Gasteiger partial charge in [-0.3, -0.25) is 4.90 Å². The zero-order valence-corrected chi connectivity index (χ0v) is 8.81. The van der Waals surface area contributed by atoms with E-state index < -0.39 is 0 Å². The summed E-state index contributed by atoms with van der Waals surface area (Å²) < 4.78 is 5.51. The number of ether oxygens (including phenoxy) is 1. The first kappa shape index (κ1) is 11.9. The Morgan fingerprint density at radius 3 is 2.17 bits per heavy atom. The van der Waals surface area contributed by atoms with Gasteiger partial charge in [0.1, 0.15) is 0 Å². The zero-order valence-electron chi connectivity index (χ0n) is 8.81. The molecule has 0 spiro atoms. The van der Waals surface area contributed by atoms with Crippen molar-refractivity contribution in [1.29, 1.82) is 0 Å². The average molecular weight is 173 g/mol. The average Bonchev–Trinajstić information content (AvgIpc) is 2.11. The first-order chi connectivity index (χ1) is 5.85. The summed E-state index contributed by atoms with van der Waals surface area (Å²) in [6, 6.07) is 0. The maximum Gasteiger partial charge on any atom is 0.0990 e. The minimum Gasteiger partial charge on any atom is -0.366 e. The summed E-state index contributed by atoms with van der Waals surface area (Å²) in [6.07, 6.45) is 3.77. The Bertz CT molecular complexity index is 81.9. The lowest BCUT2D eigenvalue weighted by Crippen LogP contribution is -2.26. The largest absolute Gasteiger partial charge is 0.366 e. The molecule has 0 bridgehead atoms. The lowest BCUT2D eigenvalue weighted by Gasteiger charge is -2.17. The van der Waals surface area contributed by atoms with Crippen LogP contribution in [0, 0.1) is 0 Å². The van der Waals surface area contributed by atoms with Gasteiger partial charge in [-0.2, -0.15) is 0 Å². The molecule has 12 heavy (non-hydrogen) atoms. The van der Waals surface area contributed by atoms with Crippen molar-refractivity contribution in [3.05, 3.63) is 0 Å². The Morgan fingerprint density at radius 1 is 1.00 bits per heavy atom. The van der Waals surface area contributed by atoms with Crippen molar-refractivity contribution >= 4 is 0 Å². The maximum atomic E-state index is 5.51. The van der Waals surface area contributed by atoms with Gasteiger partial charge in [0.05, 0.1) is 6.73 Å². The van der Waals surface area contributed by atoms with Gasteiger partial charge in [-0.25, -0.2) is 0 Å². The van der Waals surface area contributed by atoms with Gasteiger partial charge in [-0.05, 0) is 19.5 Å². The number of unbranched alkanes of at least 4 members (excludes halogenated alkanes) is 2. The highest BCUT2D eigenvalue weighted by molar-refractivity contribution is 4.43. The maximum absolute atomic E-state index is 5.51. The summed E-state index contributed by atoms with van der Waals surface area (Å²) in [7, 11) is 0. The van der Waals surface area contributed by atoms with E-state index in [-0.39, 0.29) is 0 Å². The van der Waals surface area contributed by atoms with Crippen molar-refractivity contribution in [2.24, 2.45) is 0 Å². The first-order valence-corrected chi connectivity index (χ1v) is 5.15. The molecule has 2 heteroatoms. The zero-order chi connectivity index (χ0) is 9.23. The van der Waals surface area contributed by atoms with Crippen LogP contribution in [0.4, 0.5) is 0 Å². The van der Waals surface area contributed by atoms with E-state index in [1.54, 1.807) is 0 Å². The summed E-state index contributed by atoms with van der Waals surface area (Å²) >= 11 is 0. The van der Waals surface area contributed by atoms with Crippen LogP contribution in [0.1, 0.15) is 40.0 Å². The molecule has 0 aliphatic rings. The van der Waals surface area contributed by atoms with Crippen molar-refractivity contribution in [3.63, 3.8) is 0 Å². The van der Waals surface area contributed by atoms with Gasteiger partial charge in [-0.15, -0.1) is 0 Å². The molecule has 0 aliphatic carbocycles. The Labute approximate surface area is 76.9 Å². The SMILES string of the molecule is CCCCCOCN(CC)CC. The summed E-state index contributed by atoms with van der Waals surface area (Å²) in [5.74, 6) is 0. The molecule has 0 rings (SSSR count). The van der Waals surface area contributed by atoms with Crippen molar-refractivity contribution in [2.75, 3.05) is 26.4 Å². The highest BCUT2D eigenvalue weighted by Gasteiger charge is 1.96. The molecule has 2 nitrogen and oxygen atoms in total. The Hall–Kier alpha value is -0.0800. The van der Waals surface area contributed by atoms with Gasteiger partial charge in [0, 0.05) is 6.61 Å². The predicted octanol–water partition coefficient (Wildman–Crippen LogP) is 2.49. The van der Waals surface area contributed by atoms with Crippen LogP contribution < -0.4 is 0 Å². The summed E-state index contributed by atoms with van der Waals surface area (Å²) in [5, 5.41) is 0. The minimum absolute atomic E-state index is 0.802. The third kappa shape index (κ3) is 6.62. The van der Waals surface area contributed by atoms with Crippen molar-refractivity contribution < 1.29 is 4.74 Å². The lowest BCUT2D eigenvalue weighted by molar-refractivity contribution is 0.0325. The monoisotopic (exact) mass is 173 g/mol. The van der Waals surface area contributed by atoms with E-state index in [1.807, 2.05) is 0 Å². The molecule has 0 aromatic rings. The van der Waals surface area contributed by atoms with E-state index in [4.69, 9.17) is 4.74 Å². The van der Waals surface area contributed by atoms with Gasteiger partial charge >= 0.3 is 0 Å². The molecule has 0 aromatic carbocycles. The van der Waals surface area contributed by atoms with Crippen LogP contribution in [-0.4, -0.2) is 31.3 Å². The molecule has 0 saturated carbocycles. The second-order valence-electron chi connectivity index (χ2n) is 3.05. The first-order valence-electron chi connectivity index (χ1n) is 5.15. The normalized spacial score (nSPS) is 11.0. The van der Waals surface area contributed by atoms with Gasteiger partial charge in [0.25, 0.3) is 0 Å². The van der Waals surface area contributed by atoms with Crippen LogP contribution in [0.2, 0.25) is 0 Å². The number of hydrogen-bond acceptors (Lipinski definition) is 2. The fraction of sp³-hybridized carbons (Fsp3) is 1.00. The molecular weight excluding hydrogens is 150 g/mol. The molecule has 0 saturated heterocycles. The Balaban J connectivity index is 3.06. The minimum atomic E-state index is 0.802. The van der Waals surface area contributed by atoms with E-state index in [9.17, 15) is 0 Å². The molecule has 0 unspecified atom stereocenters. The van der Waals surface area contributed by atoms with E-state index in [0.29, 0.717) is 0 Å². The highest BCUT2D eigenvalue weighted by Crippen LogP contribution is 1.95. The second-order valence-corrected chi connectivity index (χ2v) is 3.05. The second kappa shape index (κ2) is 9.01. The fourth-order valence-electron chi connectivity index (χ4n) is 1.05.